The van der Waals surface area contributed by atoms with Gasteiger partial charge >= 0.3 is 5.69 Å². The lowest BCUT2D eigenvalue weighted by atomic mass is 10.2. The molecule has 0 amide bonds. The quantitative estimate of drug-likeness (QED) is 0.555. The predicted octanol–water partition coefficient (Wildman–Crippen LogP) is 3.43. The summed E-state index contributed by atoms with van der Waals surface area (Å²) in [6.07, 6.45) is 2.24. The average molecular weight is 297 g/mol. The van der Waals surface area contributed by atoms with Crippen molar-refractivity contribution in [1.29, 1.82) is 0 Å². The van der Waals surface area contributed by atoms with Crippen LogP contribution in [0, 0.1) is 10.1 Å². The minimum absolute atomic E-state index is 0.0444. The van der Waals surface area contributed by atoms with Crippen LogP contribution in [-0.4, -0.2) is 19.9 Å². The maximum Gasteiger partial charge on any atom is 0.311 e. The molecule has 0 bridgehead atoms. The summed E-state index contributed by atoms with van der Waals surface area (Å²) in [6, 6.07) is 10.5. The Kier molecular flexibility index (Phi) is 3.69. The Hall–Kier alpha value is -2.96. The first-order valence-electron chi connectivity index (χ1n) is 6.99. The molecule has 2 heterocycles. The van der Waals surface area contributed by atoms with Crippen molar-refractivity contribution in [3.8, 4) is 0 Å². The van der Waals surface area contributed by atoms with E-state index in [2.05, 4.69) is 20.3 Å². The molecule has 0 aliphatic carbocycles. The molecule has 2 N–H and O–H groups in total. The normalized spacial score (nSPS) is 12.2. The molecule has 0 aliphatic heterocycles. The summed E-state index contributed by atoms with van der Waals surface area (Å²) in [4.78, 5) is 22.5. The number of imidazole rings is 1. The summed E-state index contributed by atoms with van der Waals surface area (Å²) in [7, 11) is 0. The molecule has 3 aromatic rings. The van der Waals surface area contributed by atoms with Crippen LogP contribution in [0.2, 0.25) is 0 Å². The monoisotopic (exact) mass is 297 g/mol. The fourth-order valence-electron chi connectivity index (χ4n) is 2.32. The van der Waals surface area contributed by atoms with Crippen LogP contribution in [0.3, 0.4) is 0 Å². The van der Waals surface area contributed by atoms with E-state index in [9.17, 15) is 10.1 Å². The van der Waals surface area contributed by atoms with Gasteiger partial charge in [0.1, 0.15) is 5.82 Å². The van der Waals surface area contributed by atoms with Gasteiger partial charge in [-0.05, 0) is 24.6 Å². The summed E-state index contributed by atoms with van der Waals surface area (Å²) < 4.78 is 0. The first-order chi connectivity index (χ1) is 10.7. The van der Waals surface area contributed by atoms with E-state index in [0.29, 0.717) is 6.42 Å². The summed E-state index contributed by atoms with van der Waals surface area (Å²) in [5, 5.41) is 14.2. The van der Waals surface area contributed by atoms with Crippen LogP contribution in [0.25, 0.3) is 11.0 Å². The maximum absolute atomic E-state index is 11.1. The third kappa shape index (κ3) is 2.60. The average Bonchev–Trinajstić information content (AvgIpc) is 2.96. The van der Waals surface area contributed by atoms with E-state index in [4.69, 9.17) is 0 Å². The van der Waals surface area contributed by atoms with Gasteiger partial charge in [-0.2, -0.15) is 0 Å². The van der Waals surface area contributed by atoms with Gasteiger partial charge in [-0.25, -0.2) is 9.97 Å². The number of para-hydroxylation sites is 2. The minimum Gasteiger partial charge on any atom is -0.354 e. The second-order valence-electron chi connectivity index (χ2n) is 4.87. The number of H-pyrrole nitrogens is 1. The molecule has 1 unspecified atom stereocenters. The van der Waals surface area contributed by atoms with E-state index in [1.54, 1.807) is 6.07 Å². The van der Waals surface area contributed by atoms with Crippen molar-refractivity contribution < 1.29 is 4.92 Å². The number of benzene rings is 1. The first-order valence-corrected chi connectivity index (χ1v) is 6.99. The van der Waals surface area contributed by atoms with Gasteiger partial charge in [-0.1, -0.05) is 19.1 Å². The SMILES string of the molecule is CCC(Nc1ncccc1[N+](=O)[O-])c1nc2ccccc2[nH]1. The molecule has 7 nitrogen and oxygen atoms in total. The number of aromatic amines is 1. The summed E-state index contributed by atoms with van der Waals surface area (Å²) in [6.45, 7) is 1.99. The smallest absolute Gasteiger partial charge is 0.311 e. The standard InChI is InChI=1S/C15H15N5O2/c1-2-10(14-18-11-6-3-4-7-12(11)19-14)17-15-13(20(21)22)8-5-9-16-15/h3-10H,2H2,1H3,(H,16,17)(H,18,19). The molecule has 0 spiro atoms. The zero-order chi connectivity index (χ0) is 15.5. The molecule has 1 atom stereocenters. The van der Waals surface area contributed by atoms with Gasteiger partial charge in [0, 0.05) is 12.3 Å². The van der Waals surface area contributed by atoms with Gasteiger partial charge in [-0.3, -0.25) is 10.1 Å². The van der Waals surface area contributed by atoms with Gasteiger partial charge in [0.25, 0.3) is 0 Å². The highest BCUT2D eigenvalue weighted by Gasteiger charge is 2.20. The number of nitrogens with one attached hydrogen (secondary N) is 2. The van der Waals surface area contributed by atoms with E-state index < -0.39 is 4.92 Å². The Bertz CT molecular complexity index is 781. The second kappa shape index (κ2) is 5.80. The molecule has 0 saturated carbocycles. The van der Waals surface area contributed by atoms with Crippen molar-refractivity contribution in [2.24, 2.45) is 0 Å². The first kappa shape index (κ1) is 14.0. The van der Waals surface area contributed by atoms with Crippen LogP contribution in [0.15, 0.2) is 42.6 Å². The Morgan fingerprint density at radius 1 is 1.32 bits per heavy atom. The largest absolute Gasteiger partial charge is 0.354 e. The number of aromatic nitrogens is 3. The maximum atomic E-state index is 11.1. The lowest BCUT2D eigenvalue weighted by Gasteiger charge is -2.14. The zero-order valence-electron chi connectivity index (χ0n) is 12.0. The van der Waals surface area contributed by atoms with Crippen molar-refractivity contribution in [3.63, 3.8) is 0 Å². The van der Waals surface area contributed by atoms with Crippen LogP contribution in [0.5, 0.6) is 0 Å². The number of nitrogens with zero attached hydrogens (tertiary/aromatic N) is 3. The molecule has 7 heteroatoms. The van der Waals surface area contributed by atoms with Gasteiger partial charge < -0.3 is 10.3 Å². The lowest BCUT2D eigenvalue weighted by molar-refractivity contribution is -0.384. The molecular weight excluding hydrogens is 282 g/mol. The van der Waals surface area contributed by atoms with Crippen molar-refractivity contribution in [2.75, 3.05) is 5.32 Å². The highest BCUT2D eigenvalue weighted by molar-refractivity contribution is 5.75. The van der Waals surface area contributed by atoms with Gasteiger partial charge in [0.05, 0.1) is 22.0 Å². The Labute approximate surface area is 126 Å². The lowest BCUT2D eigenvalue weighted by Crippen LogP contribution is -2.13. The highest BCUT2D eigenvalue weighted by atomic mass is 16.6. The number of anilines is 1. The van der Waals surface area contributed by atoms with Crippen LogP contribution >= 0.6 is 0 Å². The van der Waals surface area contributed by atoms with Crippen molar-refractivity contribution in [3.05, 3.63) is 58.5 Å². The number of pyridine rings is 1. The summed E-state index contributed by atoms with van der Waals surface area (Å²) in [5.74, 6) is 0.989. The summed E-state index contributed by atoms with van der Waals surface area (Å²) in [5.41, 5.74) is 1.76. The second-order valence-corrected chi connectivity index (χ2v) is 4.87. The van der Waals surface area contributed by atoms with Crippen molar-refractivity contribution >= 4 is 22.5 Å². The van der Waals surface area contributed by atoms with Crippen molar-refractivity contribution in [1.82, 2.24) is 15.0 Å². The number of hydrogen-bond donors (Lipinski definition) is 2. The van der Waals surface area contributed by atoms with E-state index in [1.165, 1.54) is 12.3 Å². The number of fused-ring (bicyclic) bond motifs is 1. The predicted molar refractivity (Wildman–Crippen MR) is 83.6 cm³/mol. The number of rotatable bonds is 5. The van der Waals surface area contributed by atoms with E-state index in [-0.39, 0.29) is 17.5 Å². The Morgan fingerprint density at radius 2 is 2.14 bits per heavy atom. The molecule has 3 rings (SSSR count). The number of nitro groups is 1. The van der Waals surface area contributed by atoms with E-state index in [1.807, 2.05) is 31.2 Å². The van der Waals surface area contributed by atoms with Crippen LogP contribution < -0.4 is 5.32 Å². The molecule has 2 aromatic heterocycles. The van der Waals surface area contributed by atoms with Gasteiger partial charge in [0.2, 0.25) is 5.82 Å². The van der Waals surface area contributed by atoms with Crippen LogP contribution in [-0.2, 0) is 0 Å². The molecule has 112 valence electrons. The van der Waals surface area contributed by atoms with E-state index >= 15 is 0 Å². The molecule has 0 radical (unpaired) electrons. The topological polar surface area (TPSA) is 96.7 Å². The third-order valence-electron chi connectivity index (χ3n) is 3.44. The fraction of sp³-hybridized carbons (Fsp3) is 0.200. The molecular formula is C15H15N5O2. The van der Waals surface area contributed by atoms with E-state index in [0.717, 1.165) is 16.9 Å². The fourth-order valence-corrected chi connectivity index (χ4v) is 2.32. The Balaban J connectivity index is 1.93. The number of hydrogen-bond acceptors (Lipinski definition) is 5. The third-order valence-corrected chi connectivity index (χ3v) is 3.44. The molecule has 0 fully saturated rings. The van der Waals surface area contributed by atoms with Crippen LogP contribution in [0.4, 0.5) is 11.5 Å². The highest BCUT2D eigenvalue weighted by Crippen LogP contribution is 2.27. The molecule has 0 aliphatic rings. The molecule has 22 heavy (non-hydrogen) atoms. The van der Waals surface area contributed by atoms with Crippen molar-refractivity contribution in [2.45, 2.75) is 19.4 Å². The zero-order valence-corrected chi connectivity index (χ0v) is 12.0. The molecule has 0 saturated heterocycles. The minimum atomic E-state index is -0.444. The van der Waals surface area contributed by atoms with Gasteiger partial charge in [0.15, 0.2) is 0 Å². The van der Waals surface area contributed by atoms with Gasteiger partial charge in [-0.15, -0.1) is 0 Å². The Morgan fingerprint density at radius 3 is 2.86 bits per heavy atom. The van der Waals surface area contributed by atoms with Crippen LogP contribution in [0.1, 0.15) is 25.2 Å². The molecule has 1 aromatic carbocycles. The summed E-state index contributed by atoms with van der Waals surface area (Å²) >= 11 is 0.